The highest BCUT2D eigenvalue weighted by Gasteiger charge is 2.17. The lowest BCUT2D eigenvalue weighted by atomic mass is 10.1. The fourth-order valence-corrected chi connectivity index (χ4v) is 3.72. The van der Waals surface area contributed by atoms with Crippen LogP contribution >= 0.6 is 23.2 Å². The summed E-state index contributed by atoms with van der Waals surface area (Å²) >= 11 is 11.7. The Morgan fingerprint density at radius 2 is 1.04 bits per heavy atom. The fourth-order valence-electron chi connectivity index (χ4n) is 3.40. The summed E-state index contributed by atoms with van der Waals surface area (Å²) in [6, 6.07) is 12.1. The van der Waals surface area contributed by atoms with Crippen molar-refractivity contribution >= 4 is 34.8 Å². The van der Waals surface area contributed by atoms with Crippen LogP contribution in [0.15, 0.2) is 36.4 Å². The van der Waals surface area contributed by atoms with Gasteiger partial charge in [-0.15, -0.1) is 0 Å². The van der Waals surface area contributed by atoms with Gasteiger partial charge in [-0.05, 0) is 49.9 Å². The quantitative estimate of drug-likeness (QED) is 0.721. The molecule has 0 aromatic carbocycles. The molecule has 152 valence electrons. The van der Waals surface area contributed by atoms with Gasteiger partial charge in [0, 0.05) is 38.3 Å². The first-order valence-corrected chi connectivity index (χ1v) is 10.5. The van der Waals surface area contributed by atoms with Gasteiger partial charge in [0.15, 0.2) is 0 Å². The normalized spacial score (nSPS) is 18.6. The van der Waals surface area contributed by atoms with Crippen LogP contribution in [0, 0.1) is 0 Å². The lowest BCUT2D eigenvalue weighted by molar-refractivity contribution is 0.498. The molecule has 2 aliphatic heterocycles. The monoisotopic (exact) mass is 422 g/mol. The van der Waals surface area contributed by atoms with E-state index in [2.05, 4.69) is 19.8 Å². The summed E-state index contributed by atoms with van der Waals surface area (Å²) in [7, 11) is 0. The van der Waals surface area contributed by atoms with Gasteiger partial charge in [-0.1, -0.05) is 35.3 Å². The molecule has 2 saturated heterocycles. The van der Waals surface area contributed by atoms with Gasteiger partial charge in [0.05, 0.1) is 0 Å². The third kappa shape index (κ3) is 6.21. The Bertz CT molecular complexity index is 679. The Morgan fingerprint density at radius 1 is 0.679 bits per heavy atom. The predicted molar refractivity (Wildman–Crippen MR) is 117 cm³/mol. The zero-order valence-electron chi connectivity index (χ0n) is 16.0. The molecule has 8 heteroatoms. The third-order valence-corrected chi connectivity index (χ3v) is 5.55. The van der Waals surface area contributed by atoms with E-state index in [4.69, 9.17) is 34.7 Å². The highest BCUT2D eigenvalue weighted by atomic mass is 35.5. The molecule has 0 unspecified atom stereocenters. The van der Waals surface area contributed by atoms with Crippen LogP contribution in [-0.4, -0.2) is 48.2 Å². The maximum absolute atomic E-state index is 5.83. The van der Waals surface area contributed by atoms with E-state index in [1.165, 1.54) is 0 Å². The third-order valence-electron chi connectivity index (χ3n) is 5.13. The van der Waals surface area contributed by atoms with Gasteiger partial charge in [0.2, 0.25) is 0 Å². The number of nitrogens with two attached hydrogens (primary N) is 2. The highest BCUT2D eigenvalue weighted by molar-refractivity contribution is 6.29. The number of nitrogens with zero attached hydrogens (tertiary/aromatic N) is 4. The largest absolute Gasteiger partial charge is 0.356 e. The molecule has 2 aliphatic rings. The first-order valence-electron chi connectivity index (χ1n) is 9.77. The topological polar surface area (TPSA) is 84.3 Å². The molecule has 6 nitrogen and oxygen atoms in total. The van der Waals surface area contributed by atoms with E-state index >= 15 is 0 Å². The van der Waals surface area contributed by atoms with Crippen LogP contribution in [0.2, 0.25) is 10.3 Å². The van der Waals surface area contributed by atoms with Crippen molar-refractivity contribution in [3.05, 3.63) is 46.7 Å². The van der Waals surface area contributed by atoms with E-state index in [0.29, 0.717) is 22.4 Å². The average Bonchev–Trinajstić information content (AvgIpc) is 2.70. The Labute approximate surface area is 176 Å². The Balaban J connectivity index is 0.000000161. The van der Waals surface area contributed by atoms with E-state index in [1.807, 2.05) is 24.3 Å². The molecule has 0 bridgehead atoms. The molecule has 4 heterocycles. The van der Waals surface area contributed by atoms with Crippen LogP contribution in [0.3, 0.4) is 0 Å². The summed E-state index contributed by atoms with van der Waals surface area (Å²) in [5, 5.41) is 1.11. The van der Waals surface area contributed by atoms with Crippen LogP contribution in [0.1, 0.15) is 25.7 Å². The first-order chi connectivity index (χ1) is 13.5. The van der Waals surface area contributed by atoms with Gasteiger partial charge in [0.1, 0.15) is 21.9 Å². The number of hydrogen-bond acceptors (Lipinski definition) is 6. The molecule has 4 N–H and O–H groups in total. The van der Waals surface area contributed by atoms with Gasteiger partial charge >= 0.3 is 0 Å². The minimum atomic E-state index is 0.352. The molecule has 28 heavy (non-hydrogen) atoms. The highest BCUT2D eigenvalue weighted by Crippen LogP contribution is 2.19. The minimum Gasteiger partial charge on any atom is -0.356 e. The van der Waals surface area contributed by atoms with E-state index in [1.54, 1.807) is 12.1 Å². The summed E-state index contributed by atoms with van der Waals surface area (Å²) in [5.41, 5.74) is 11.7. The maximum atomic E-state index is 5.83. The fraction of sp³-hybridized carbons (Fsp3) is 0.500. The number of rotatable bonds is 2. The smallest absolute Gasteiger partial charge is 0.131 e. The Kier molecular flexibility index (Phi) is 7.73. The number of anilines is 2. The molecule has 0 radical (unpaired) electrons. The lowest BCUT2D eigenvalue weighted by Crippen LogP contribution is -2.40. The summed E-state index contributed by atoms with van der Waals surface area (Å²) < 4.78 is 0. The molecule has 0 aliphatic carbocycles. The van der Waals surface area contributed by atoms with Crippen molar-refractivity contribution in [2.45, 2.75) is 37.8 Å². The van der Waals surface area contributed by atoms with Crippen molar-refractivity contribution in [3.63, 3.8) is 0 Å². The number of piperidine rings is 2. The SMILES string of the molecule is NC1CCN(c2cccc(Cl)n2)CC1.NC1CCN(c2cccc(Cl)n2)CC1. The first kappa shape index (κ1) is 21.1. The van der Waals surface area contributed by atoms with Gasteiger partial charge < -0.3 is 21.3 Å². The van der Waals surface area contributed by atoms with Crippen molar-refractivity contribution in [1.82, 2.24) is 9.97 Å². The molecule has 2 fully saturated rings. The van der Waals surface area contributed by atoms with Crippen LogP contribution in [0.25, 0.3) is 0 Å². The second-order valence-electron chi connectivity index (χ2n) is 7.29. The Hall–Kier alpha value is -1.60. The molecule has 0 amide bonds. The van der Waals surface area contributed by atoms with Crippen LogP contribution < -0.4 is 21.3 Å². The molecule has 0 atom stereocenters. The summed E-state index contributed by atoms with van der Waals surface area (Å²) in [6.45, 7) is 3.92. The van der Waals surface area contributed by atoms with Gasteiger partial charge in [-0.2, -0.15) is 0 Å². The van der Waals surface area contributed by atoms with E-state index in [0.717, 1.165) is 63.5 Å². The van der Waals surface area contributed by atoms with Crippen molar-refractivity contribution in [3.8, 4) is 0 Å². The van der Waals surface area contributed by atoms with Gasteiger partial charge in [-0.25, -0.2) is 9.97 Å². The molecular formula is C20H28Cl2N6. The second-order valence-corrected chi connectivity index (χ2v) is 8.06. The number of hydrogen-bond donors (Lipinski definition) is 2. The van der Waals surface area contributed by atoms with Crippen LogP contribution in [0.4, 0.5) is 11.6 Å². The molecule has 2 aromatic heterocycles. The van der Waals surface area contributed by atoms with E-state index in [-0.39, 0.29) is 0 Å². The molecule has 0 spiro atoms. The standard InChI is InChI=1S/2C10H14ClN3/c2*11-9-2-1-3-10(13-9)14-6-4-8(12)5-7-14/h2*1-3,8H,4-7,12H2. The van der Waals surface area contributed by atoms with Gasteiger partial charge in [0.25, 0.3) is 0 Å². The summed E-state index contributed by atoms with van der Waals surface area (Å²) in [4.78, 5) is 13.0. The van der Waals surface area contributed by atoms with Crippen molar-refractivity contribution < 1.29 is 0 Å². The van der Waals surface area contributed by atoms with Crippen LogP contribution in [-0.2, 0) is 0 Å². The zero-order valence-corrected chi connectivity index (χ0v) is 17.5. The summed E-state index contributed by atoms with van der Waals surface area (Å²) in [6.07, 6.45) is 4.14. The summed E-state index contributed by atoms with van der Waals surface area (Å²) in [5.74, 6) is 1.92. The van der Waals surface area contributed by atoms with E-state index in [9.17, 15) is 0 Å². The number of aromatic nitrogens is 2. The zero-order chi connectivity index (χ0) is 19.9. The number of pyridine rings is 2. The maximum Gasteiger partial charge on any atom is 0.131 e. The average molecular weight is 423 g/mol. The molecular weight excluding hydrogens is 395 g/mol. The van der Waals surface area contributed by atoms with Crippen molar-refractivity contribution in [2.75, 3.05) is 36.0 Å². The van der Waals surface area contributed by atoms with Crippen LogP contribution in [0.5, 0.6) is 0 Å². The molecule has 4 rings (SSSR count). The minimum absolute atomic E-state index is 0.352. The number of halogens is 2. The van der Waals surface area contributed by atoms with Crippen molar-refractivity contribution in [2.24, 2.45) is 11.5 Å². The van der Waals surface area contributed by atoms with Crippen molar-refractivity contribution in [1.29, 1.82) is 0 Å². The van der Waals surface area contributed by atoms with E-state index < -0.39 is 0 Å². The predicted octanol–water partition coefficient (Wildman–Crippen LogP) is 3.33. The van der Waals surface area contributed by atoms with Gasteiger partial charge in [-0.3, -0.25) is 0 Å². The lowest BCUT2D eigenvalue weighted by Gasteiger charge is -2.31. The molecule has 2 aromatic rings. The second kappa shape index (κ2) is 10.3. The Morgan fingerprint density at radius 3 is 1.36 bits per heavy atom. The molecule has 0 saturated carbocycles.